The van der Waals surface area contributed by atoms with Crippen molar-refractivity contribution in [2.75, 3.05) is 13.6 Å². The SMILES string of the molecule is C(=NNCc1ccc2c(c1)OCO2)c1ccc2c(c1)OCO2. The summed E-state index contributed by atoms with van der Waals surface area (Å²) in [4.78, 5) is 0. The Bertz CT molecular complexity index is 730. The summed E-state index contributed by atoms with van der Waals surface area (Å²) in [6, 6.07) is 11.5. The maximum absolute atomic E-state index is 5.34. The van der Waals surface area contributed by atoms with Gasteiger partial charge in [0.2, 0.25) is 13.6 Å². The largest absolute Gasteiger partial charge is 0.454 e. The van der Waals surface area contributed by atoms with E-state index in [1.807, 2.05) is 36.4 Å². The minimum Gasteiger partial charge on any atom is -0.454 e. The number of benzene rings is 2. The molecule has 0 fully saturated rings. The fourth-order valence-corrected chi connectivity index (χ4v) is 2.30. The molecule has 0 aromatic heterocycles. The Morgan fingerprint density at radius 2 is 1.55 bits per heavy atom. The minimum absolute atomic E-state index is 0.276. The molecule has 0 radical (unpaired) electrons. The molecule has 0 unspecified atom stereocenters. The molecule has 0 bridgehead atoms. The van der Waals surface area contributed by atoms with Crippen molar-refractivity contribution in [1.82, 2.24) is 5.43 Å². The average molecular weight is 298 g/mol. The van der Waals surface area contributed by atoms with E-state index < -0.39 is 0 Å². The zero-order valence-corrected chi connectivity index (χ0v) is 11.7. The molecule has 22 heavy (non-hydrogen) atoms. The van der Waals surface area contributed by atoms with Crippen LogP contribution < -0.4 is 24.4 Å². The van der Waals surface area contributed by atoms with Crippen LogP contribution in [0.3, 0.4) is 0 Å². The second-order valence-electron chi connectivity index (χ2n) is 4.89. The quantitative estimate of drug-likeness (QED) is 0.693. The van der Waals surface area contributed by atoms with Gasteiger partial charge in [-0.3, -0.25) is 0 Å². The van der Waals surface area contributed by atoms with Gasteiger partial charge >= 0.3 is 0 Å². The number of nitrogens with zero attached hydrogens (tertiary/aromatic N) is 1. The highest BCUT2D eigenvalue weighted by Gasteiger charge is 2.13. The number of nitrogens with one attached hydrogen (secondary N) is 1. The van der Waals surface area contributed by atoms with Gasteiger partial charge in [0.15, 0.2) is 23.0 Å². The minimum atomic E-state index is 0.276. The van der Waals surface area contributed by atoms with E-state index in [1.165, 1.54) is 0 Å². The van der Waals surface area contributed by atoms with Crippen molar-refractivity contribution < 1.29 is 18.9 Å². The Kier molecular flexibility index (Phi) is 3.19. The van der Waals surface area contributed by atoms with E-state index in [0.717, 1.165) is 34.1 Å². The number of hydrazone groups is 1. The van der Waals surface area contributed by atoms with E-state index >= 15 is 0 Å². The highest BCUT2D eigenvalue weighted by atomic mass is 16.7. The Labute approximate surface area is 127 Å². The lowest BCUT2D eigenvalue weighted by Gasteiger charge is -2.03. The van der Waals surface area contributed by atoms with Gasteiger partial charge in [0.25, 0.3) is 0 Å². The molecule has 1 N–H and O–H groups in total. The number of hydrogen-bond acceptors (Lipinski definition) is 6. The molecule has 112 valence electrons. The van der Waals surface area contributed by atoms with E-state index in [0.29, 0.717) is 6.54 Å². The Morgan fingerprint density at radius 1 is 0.864 bits per heavy atom. The van der Waals surface area contributed by atoms with Crippen LogP contribution in [0.2, 0.25) is 0 Å². The Balaban J connectivity index is 1.36. The van der Waals surface area contributed by atoms with E-state index in [1.54, 1.807) is 6.21 Å². The first-order chi connectivity index (χ1) is 10.9. The molecule has 0 saturated carbocycles. The summed E-state index contributed by atoms with van der Waals surface area (Å²) in [6.45, 7) is 1.17. The van der Waals surface area contributed by atoms with Gasteiger partial charge < -0.3 is 24.4 Å². The van der Waals surface area contributed by atoms with Crippen LogP contribution in [0.5, 0.6) is 23.0 Å². The predicted molar refractivity (Wildman–Crippen MR) is 79.6 cm³/mol. The number of ether oxygens (including phenoxy) is 4. The van der Waals surface area contributed by atoms with Crippen LogP contribution in [-0.4, -0.2) is 19.8 Å². The van der Waals surface area contributed by atoms with Crippen LogP contribution in [-0.2, 0) is 6.54 Å². The lowest BCUT2D eigenvalue weighted by atomic mass is 10.2. The molecule has 0 saturated heterocycles. The molecule has 2 heterocycles. The van der Waals surface area contributed by atoms with E-state index in [4.69, 9.17) is 18.9 Å². The molecule has 6 heteroatoms. The topological polar surface area (TPSA) is 61.3 Å². The Hall–Kier alpha value is -2.89. The predicted octanol–water partition coefficient (Wildman–Crippen LogP) is 2.27. The fourth-order valence-electron chi connectivity index (χ4n) is 2.30. The summed E-state index contributed by atoms with van der Waals surface area (Å²) in [7, 11) is 0. The third-order valence-electron chi connectivity index (χ3n) is 3.42. The highest BCUT2D eigenvalue weighted by molar-refractivity contribution is 5.80. The lowest BCUT2D eigenvalue weighted by molar-refractivity contribution is 0.173. The molecule has 4 rings (SSSR count). The first kappa shape index (κ1) is 12.8. The molecule has 0 amide bonds. The number of fused-ring (bicyclic) bond motifs is 2. The normalized spacial score (nSPS) is 14.5. The Morgan fingerprint density at radius 3 is 2.36 bits per heavy atom. The second-order valence-corrected chi connectivity index (χ2v) is 4.89. The summed E-state index contributed by atoms with van der Waals surface area (Å²) in [5, 5.41) is 4.21. The van der Waals surface area contributed by atoms with Crippen molar-refractivity contribution in [2.24, 2.45) is 5.10 Å². The molecular formula is C16H14N2O4. The van der Waals surface area contributed by atoms with Gasteiger partial charge in [0.1, 0.15) is 0 Å². The summed E-state index contributed by atoms with van der Waals surface area (Å²) in [6.07, 6.45) is 1.74. The summed E-state index contributed by atoms with van der Waals surface area (Å²) < 4.78 is 21.2. The van der Waals surface area contributed by atoms with Gasteiger partial charge in [-0.1, -0.05) is 6.07 Å². The monoisotopic (exact) mass is 298 g/mol. The molecule has 0 atom stereocenters. The van der Waals surface area contributed by atoms with Gasteiger partial charge in [-0.25, -0.2) is 0 Å². The molecule has 2 aromatic rings. The first-order valence-corrected chi connectivity index (χ1v) is 6.92. The van der Waals surface area contributed by atoms with Crippen LogP contribution in [0.4, 0.5) is 0 Å². The van der Waals surface area contributed by atoms with Crippen LogP contribution in [0, 0.1) is 0 Å². The molecule has 2 aliphatic heterocycles. The standard InChI is InChI=1S/C16H14N2O4/c1-3-13-15(21-9-19-13)5-11(1)7-17-18-8-12-2-4-14-16(6-12)22-10-20-14/h1-7,18H,8-10H2. The summed E-state index contributed by atoms with van der Waals surface area (Å²) >= 11 is 0. The first-order valence-electron chi connectivity index (χ1n) is 6.92. The maximum Gasteiger partial charge on any atom is 0.231 e. The molecule has 2 aliphatic rings. The fraction of sp³-hybridized carbons (Fsp3) is 0.188. The van der Waals surface area contributed by atoms with Gasteiger partial charge in [-0.15, -0.1) is 0 Å². The van der Waals surface area contributed by atoms with Gasteiger partial charge in [-0.05, 0) is 41.5 Å². The zero-order valence-electron chi connectivity index (χ0n) is 11.7. The van der Waals surface area contributed by atoms with Crippen molar-refractivity contribution in [3.8, 4) is 23.0 Å². The van der Waals surface area contributed by atoms with E-state index in [-0.39, 0.29) is 13.6 Å². The lowest BCUT2D eigenvalue weighted by Crippen LogP contribution is -2.05. The highest BCUT2D eigenvalue weighted by Crippen LogP contribution is 2.33. The molecular weight excluding hydrogens is 284 g/mol. The maximum atomic E-state index is 5.34. The van der Waals surface area contributed by atoms with Crippen LogP contribution in [0.1, 0.15) is 11.1 Å². The average Bonchev–Trinajstić information content (AvgIpc) is 3.19. The van der Waals surface area contributed by atoms with E-state index in [9.17, 15) is 0 Å². The smallest absolute Gasteiger partial charge is 0.231 e. The van der Waals surface area contributed by atoms with Crippen molar-refractivity contribution in [3.05, 3.63) is 47.5 Å². The van der Waals surface area contributed by atoms with E-state index in [2.05, 4.69) is 10.5 Å². The molecule has 2 aromatic carbocycles. The number of hydrogen-bond donors (Lipinski definition) is 1. The van der Waals surface area contributed by atoms with Gasteiger partial charge in [0, 0.05) is 0 Å². The third-order valence-corrected chi connectivity index (χ3v) is 3.42. The molecule has 6 nitrogen and oxygen atoms in total. The van der Waals surface area contributed by atoms with Crippen LogP contribution >= 0.6 is 0 Å². The van der Waals surface area contributed by atoms with Crippen molar-refractivity contribution >= 4 is 6.21 Å². The van der Waals surface area contributed by atoms with Gasteiger partial charge in [-0.2, -0.15) is 5.10 Å². The third kappa shape index (κ3) is 2.50. The molecule has 0 spiro atoms. The number of rotatable bonds is 4. The van der Waals surface area contributed by atoms with Crippen LogP contribution in [0.25, 0.3) is 0 Å². The van der Waals surface area contributed by atoms with Crippen molar-refractivity contribution in [2.45, 2.75) is 6.54 Å². The van der Waals surface area contributed by atoms with Crippen LogP contribution in [0.15, 0.2) is 41.5 Å². The second kappa shape index (κ2) is 5.48. The summed E-state index contributed by atoms with van der Waals surface area (Å²) in [5.41, 5.74) is 5.03. The zero-order chi connectivity index (χ0) is 14.8. The molecule has 0 aliphatic carbocycles. The summed E-state index contributed by atoms with van der Waals surface area (Å²) in [5.74, 6) is 3.08. The van der Waals surface area contributed by atoms with Gasteiger partial charge in [0.05, 0.1) is 12.8 Å². The van der Waals surface area contributed by atoms with Crippen molar-refractivity contribution in [3.63, 3.8) is 0 Å². The van der Waals surface area contributed by atoms with Crippen molar-refractivity contribution in [1.29, 1.82) is 0 Å².